The Kier molecular flexibility index (Phi) is 8.57. The van der Waals surface area contributed by atoms with E-state index in [1.54, 1.807) is 18.2 Å². The molecule has 3 aromatic rings. The van der Waals surface area contributed by atoms with Gasteiger partial charge in [-0.15, -0.1) is 0 Å². The van der Waals surface area contributed by atoms with E-state index < -0.39 is 62.6 Å². The lowest BCUT2D eigenvalue weighted by atomic mass is 9.99. The number of benzene rings is 3. The van der Waals surface area contributed by atoms with Crippen molar-refractivity contribution in [2.24, 2.45) is 0 Å². The van der Waals surface area contributed by atoms with Gasteiger partial charge < -0.3 is 4.74 Å². The quantitative estimate of drug-likeness (QED) is 0.105. The number of rotatable bonds is 10. The third-order valence-corrected chi connectivity index (χ3v) is 7.94. The number of amides is 2. The smallest absolute Gasteiger partial charge is 0.330 e. The van der Waals surface area contributed by atoms with Crippen molar-refractivity contribution in [1.29, 1.82) is 0 Å². The predicted octanol–water partition coefficient (Wildman–Crippen LogP) is 4.47. The highest BCUT2D eigenvalue weighted by molar-refractivity contribution is 7.90. The van der Waals surface area contributed by atoms with Crippen LogP contribution in [0.3, 0.4) is 0 Å². The number of nitro groups is 1. The lowest BCUT2D eigenvalue weighted by Crippen LogP contribution is -2.47. The monoisotopic (exact) mass is 618 g/mol. The van der Waals surface area contributed by atoms with Gasteiger partial charge in [0, 0.05) is 29.5 Å². The van der Waals surface area contributed by atoms with Crippen molar-refractivity contribution in [3.05, 3.63) is 109 Å². The summed E-state index contributed by atoms with van der Waals surface area (Å²) < 4.78 is 29.6. The number of hydrogen-bond donors (Lipinski definition) is 0. The molecule has 11 nitrogen and oxygen atoms in total. The highest BCUT2D eigenvalue weighted by Crippen LogP contribution is 2.34. The topological polar surface area (TPSA) is 158 Å². The van der Waals surface area contributed by atoms with E-state index in [4.69, 9.17) is 27.9 Å². The number of sulfone groups is 1. The summed E-state index contributed by atoms with van der Waals surface area (Å²) in [6.07, 6.45) is -1.27. The molecule has 3 aromatic carbocycles. The number of halogens is 2. The molecule has 1 heterocycles. The first-order valence-electron chi connectivity index (χ1n) is 11.9. The third kappa shape index (κ3) is 6.45. The molecule has 1 aliphatic heterocycles. The maximum Gasteiger partial charge on any atom is 0.330 e. The number of carbonyl (C=O) groups excluding carboxylic acids is 4. The van der Waals surface area contributed by atoms with Gasteiger partial charge in [-0.05, 0) is 30.7 Å². The number of nitrogens with zero attached hydrogens (tertiary/aromatic N) is 2. The average molecular weight is 619 g/mol. The van der Waals surface area contributed by atoms with Crippen LogP contribution in [0.5, 0.6) is 0 Å². The molecule has 0 radical (unpaired) electrons. The minimum atomic E-state index is -3.68. The van der Waals surface area contributed by atoms with Crippen LogP contribution >= 0.6 is 23.2 Å². The Morgan fingerprint density at radius 2 is 1.49 bits per heavy atom. The number of Topliss-reactive ketones (excluding diaryl/α,β-unsaturated/α-hetero) is 1. The fraction of sp³-hybridized carbons (Fsp3) is 0.185. The number of esters is 1. The summed E-state index contributed by atoms with van der Waals surface area (Å²) in [7, 11) is -3.68. The van der Waals surface area contributed by atoms with Crippen molar-refractivity contribution in [2.75, 3.05) is 12.0 Å². The van der Waals surface area contributed by atoms with Crippen molar-refractivity contribution >= 4 is 62.3 Å². The summed E-state index contributed by atoms with van der Waals surface area (Å²) in [5.41, 5.74) is -0.357. The Morgan fingerprint density at radius 3 is 1.98 bits per heavy atom. The number of hydrogen-bond acceptors (Lipinski definition) is 9. The predicted molar refractivity (Wildman–Crippen MR) is 148 cm³/mol. The molecule has 0 fully saturated rings. The second-order valence-electron chi connectivity index (χ2n) is 9.12. The normalized spacial score (nSPS) is 14.4. The Balaban J connectivity index is 1.74. The molecule has 0 unspecified atom stereocenters. The van der Waals surface area contributed by atoms with Crippen molar-refractivity contribution in [3.63, 3.8) is 0 Å². The first kappa shape index (κ1) is 29.8. The van der Waals surface area contributed by atoms with Crippen LogP contribution in [-0.4, -0.2) is 59.9 Å². The van der Waals surface area contributed by atoms with Crippen molar-refractivity contribution in [1.82, 2.24) is 4.90 Å². The van der Waals surface area contributed by atoms with Crippen molar-refractivity contribution in [3.8, 4) is 0 Å². The number of imide groups is 1. The highest BCUT2D eigenvalue weighted by atomic mass is 35.5. The highest BCUT2D eigenvalue weighted by Gasteiger charge is 2.45. The fourth-order valence-electron chi connectivity index (χ4n) is 4.21. The lowest BCUT2D eigenvalue weighted by molar-refractivity contribution is -0.384. The summed E-state index contributed by atoms with van der Waals surface area (Å²) in [5, 5.41) is 11.1. The molecular formula is C27H20Cl2N2O9S. The van der Waals surface area contributed by atoms with Crippen LogP contribution in [-0.2, 0) is 19.4 Å². The van der Waals surface area contributed by atoms with Gasteiger partial charge in [-0.25, -0.2) is 13.2 Å². The average Bonchev–Trinajstić information content (AvgIpc) is 3.16. The molecule has 4 rings (SSSR count). The standard InChI is InChI=1S/C27H20Cl2N2O9S/c1-41(38,39)12-11-22(30-25(33)18-13-20(28)21(29)14-19(18)26(30)34)27(35)40-24(23(32)15-5-3-2-4-6-15)16-7-9-17(10-8-16)31(36)37/h2-10,13-14,22,24H,11-12H2,1H3/t22-,24-/m1/s1. The SMILES string of the molecule is CS(=O)(=O)CC[C@H](C(=O)O[C@@H](C(=O)c1ccccc1)c1ccc([N+](=O)[O-])cc1)N1C(=O)c2cc(Cl)c(Cl)cc2C1=O. The van der Waals surface area contributed by atoms with E-state index in [0.29, 0.717) is 4.90 Å². The van der Waals surface area contributed by atoms with E-state index >= 15 is 0 Å². The number of fused-ring (bicyclic) bond motifs is 1. The first-order chi connectivity index (χ1) is 19.3. The summed E-state index contributed by atoms with van der Waals surface area (Å²) in [5.74, 6) is -4.40. The van der Waals surface area contributed by atoms with Crippen LogP contribution in [0.1, 0.15) is 49.2 Å². The lowest BCUT2D eigenvalue weighted by Gasteiger charge is -2.27. The molecule has 14 heteroatoms. The molecule has 0 spiro atoms. The van der Waals surface area contributed by atoms with Gasteiger partial charge in [-0.2, -0.15) is 0 Å². The number of ether oxygens (including phenoxy) is 1. The number of nitro benzene ring substituents is 1. The van der Waals surface area contributed by atoms with Gasteiger partial charge in [0.05, 0.1) is 31.8 Å². The maximum absolute atomic E-state index is 13.6. The molecule has 0 aromatic heterocycles. The largest absolute Gasteiger partial charge is 0.447 e. The number of carbonyl (C=O) groups is 4. The Morgan fingerprint density at radius 1 is 0.951 bits per heavy atom. The van der Waals surface area contributed by atoms with Gasteiger partial charge in [0.25, 0.3) is 17.5 Å². The van der Waals surface area contributed by atoms with E-state index in [0.717, 1.165) is 30.5 Å². The molecule has 0 aliphatic carbocycles. The fourth-order valence-corrected chi connectivity index (χ4v) is 5.18. The maximum atomic E-state index is 13.6. The van der Waals surface area contributed by atoms with E-state index in [9.17, 15) is 37.7 Å². The van der Waals surface area contributed by atoms with Gasteiger partial charge >= 0.3 is 5.97 Å². The Hall–Kier alpha value is -4.13. The van der Waals surface area contributed by atoms with Crippen LogP contribution in [0, 0.1) is 10.1 Å². The molecule has 0 bridgehead atoms. The van der Waals surface area contributed by atoms with E-state index in [1.807, 2.05) is 0 Å². The van der Waals surface area contributed by atoms with E-state index in [-0.39, 0.29) is 38.0 Å². The zero-order chi connectivity index (χ0) is 30.1. The summed E-state index contributed by atoms with van der Waals surface area (Å²) >= 11 is 12.0. The van der Waals surface area contributed by atoms with Crippen molar-refractivity contribution in [2.45, 2.75) is 18.6 Å². The van der Waals surface area contributed by atoms with E-state index in [1.165, 1.54) is 24.3 Å². The van der Waals surface area contributed by atoms with Crippen LogP contribution in [0.2, 0.25) is 10.0 Å². The third-order valence-electron chi connectivity index (χ3n) is 6.24. The molecule has 2 atom stereocenters. The Labute approximate surface area is 243 Å². The number of non-ortho nitro benzene ring substituents is 1. The molecular weight excluding hydrogens is 599 g/mol. The molecule has 212 valence electrons. The Bertz CT molecular complexity index is 1640. The summed E-state index contributed by atoms with van der Waals surface area (Å²) in [6, 6.07) is 13.0. The molecule has 0 saturated carbocycles. The van der Waals surface area contributed by atoms with Crippen LogP contribution < -0.4 is 0 Å². The molecule has 0 N–H and O–H groups in total. The van der Waals surface area contributed by atoms with Gasteiger partial charge in [0.15, 0.2) is 6.10 Å². The molecule has 41 heavy (non-hydrogen) atoms. The van der Waals surface area contributed by atoms with Crippen LogP contribution in [0.25, 0.3) is 0 Å². The zero-order valence-electron chi connectivity index (χ0n) is 21.2. The zero-order valence-corrected chi connectivity index (χ0v) is 23.5. The van der Waals surface area contributed by atoms with Gasteiger partial charge in [0.2, 0.25) is 5.78 Å². The van der Waals surface area contributed by atoms with Gasteiger partial charge in [0.1, 0.15) is 15.9 Å². The second-order valence-corrected chi connectivity index (χ2v) is 12.2. The molecule has 1 aliphatic rings. The van der Waals surface area contributed by atoms with E-state index in [2.05, 4.69) is 0 Å². The van der Waals surface area contributed by atoms with Gasteiger partial charge in [-0.3, -0.25) is 29.4 Å². The van der Waals surface area contributed by atoms with Gasteiger partial charge in [-0.1, -0.05) is 53.5 Å². The van der Waals surface area contributed by atoms with Crippen molar-refractivity contribution < 1.29 is 37.3 Å². The number of ketones is 1. The minimum Gasteiger partial charge on any atom is -0.447 e. The summed E-state index contributed by atoms with van der Waals surface area (Å²) in [6.45, 7) is 0. The second kappa shape index (κ2) is 11.8. The molecule has 2 amide bonds. The summed E-state index contributed by atoms with van der Waals surface area (Å²) in [4.78, 5) is 64.7. The minimum absolute atomic E-state index is 0.0182. The molecule has 0 saturated heterocycles. The van der Waals surface area contributed by atoms with Crippen LogP contribution in [0.15, 0.2) is 66.7 Å². The van der Waals surface area contributed by atoms with Crippen LogP contribution in [0.4, 0.5) is 5.69 Å². The first-order valence-corrected chi connectivity index (χ1v) is 14.7.